The molecule has 3 aliphatic heterocycles. The van der Waals surface area contributed by atoms with Crippen LogP contribution in [0.4, 0.5) is 0 Å². The predicted molar refractivity (Wildman–Crippen MR) is 100 cm³/mol. The maximum absolute atomic E-state index is 6.07. The largest absolute Gasteiger partial charge is 0.364 e. The topological polar surface area (TPSA) is 12.5 Å². The molecule has 0 N–H and O–H groups in total. The molecule has 0 radical (unpaired) electrons. The molecule has 1 unspecified atom stereocenters. The fourth-order valence-electron chi connectivity index (χ4n) is 4.61. The number of nitrogens with zero attached hydrogens (tertiary/aromatic N) is 1. The number of piperidine rings is 3. The SMILES string of the molecule is C(#Cc1ccc2c(c1)Cc1ccccc1-2)COC1CN2CCC1CC2. The Morgan fingerprint density at radius 1 is 1.00 bits per heavy atom. The van der Waals surface area contributed by atoms with Crippen molar-refractivity contribution in [2.24, 2.45) is 5.92 Å². The average molecular weight is 329 g/mol. The highest BCUT2D eigenvalue weighted by Gasteiger charge is 2.34. The highest BCUT2D eigenvalue weighted by atomic mass is 16.5. The molecular weight excluding hydrogens is 306 g/mol. The first-order valence-electron chi connectivity index (χ1n) is 9.41. The summed E-state index contributed by atoms with van der Waals surface area (Å²) in [7, 11) is 0. The summed E-state index contributed by atoms with van der Waals surface area (Å²) in [5, 5.41) is 0. The molecule has 2 bridgehead atoms. The Balaban J connectivity index is 1.24. The van der Waals surface area contributed by atoms with Crippen LogP contribution in [0.15, 0.2) is 42.5 Å². The number of hydrogen-bond acceptors (Lipinski definition) is 2. The van der Waals surface area contributed by atoms with E-state index in [4.69, 9.17) is 4.74 Å². The summed E-state index contributed by atoms with van der Waals surface area (Å²) < 4.78 is 6.07. The van der Waals surface area contributed by atoms with E-state index in [1.807, 2.05) is 0 Å². The standard InChI is InChI=1S/C23H23NO/c1-2-6-21-19(5-1)15-20-14-17(7-8-22(20)21)4-3-13-25-23-16-24-11-9-18(23)10-12-24/h1-2,5-8,14,18,23H,9-13,15-16H2. The molecule has 3 saturated heterocycles. The molecule has 0 saturated carbocycles. The monoisotopic (exact) mass is 329 g/mol. The van der Waals surface area contributed by atoms with Crippen LogP contribution >= 0.6 is 0 Å². The van der Waals surface area contributed by atoms with Crippen LogP contribution in [-0.4, -0.2) is 37.2 Å². The summed E-state index contributed by atoms with van der Waals surface area (Å²) in [5.41, 5.74) is 6.66. The molecule has 1 atom stereocenters. The molecule has 0 aromatic heterocycles. The lowest BCUT2D eigenvalue weighted by atomic mass is 9.86. The third-order valence-electron chi connectivity index (χ3n) is 5.99. The Bertz CT molecular complexity index is 852. The number of rotatable bonds is 2. The van der Waals surface area contributed by atoms with Gasteiger partial charge < -0.3 is 9.64 Å². The minimum Gasteiger partial charge on any atom is -0.364 e. The minimum absolute atomic E-state index is 0.395. The maximum atomic E-state index is 6.07. The van der Waals surface area contributed by atoms with E-state index in [2.05, 4.69) is 59.2 Å². The van der Waals surface area contributed by atoms with E-state index < -0.39 is 0 Å². The van der Waals surface area contributed by atoms with E-state index in [1.165, 1.54) is 48.2 Å². The van der Waals surface area contributed by atoms with Gasteiger partial charge in [-0.1, -0.05) is 42.2 Å². The zero-order chi connectivity index (χ0) is 16.6. The minimum atomic E-state index is 0.395. The second-order valence-electron chi connectivity index (χ2n) is 7.50. The second-order valence-corrected chi connectivity index (χ2v) is 7.50. The highest BCUT2D eigenvalue weighted by Crippen LogP contribution is 2.36. The van der Waals surface area contributed by atoms with Gasteiger partial charge in [0.1, 0.15) is 6.61 Å². The van der Waals surface area contributed by atoms with E-state index in [0.717, 1.165) is 24.4 Å². The Kier molecular flexibility index (Phi) is 3.85. The molecule has 2 aromatic rings. The maximum Gasteiger partial charge on any atom is 0.108 e. The lowest BCUT2D eigenvalue weighted by Crippen LogP contribution is -2.51. The van der Waals surface area contributed by atoms with Gasteiger partial charge in [0.25, 0.3) is 0 Å². The van der Waals surface area contributed by atoms with Crippen LogP contribution in [-0.2, 0) is 11.2 Å². The van der Waals surface area contributed by atoms with E-state index in [0.29, 0.717) is 12.7 Å². The molecule has 4 aliphatic rings. The first kappa shape index (κ1) is 15.2. The summed E-state index contributed by atoms with van der Waals surface area (Å²) in [6, 6.07) is 15.3. The first-order valence-corrected chi connectivity index (χ1v) is 9.41. The fraction of sp³-hybridized carbons (Fsp3) is 0.391. The van der Waals surface area contributed by atoms with Gasteiger partial charge in [-0.2, -0.15) is 0 Å². The normalized spacial score (nSPS) is 25.8. The molecule has 2 heteroatoms. The van der Waals surface area contributed by atoms with Gasteiger partial charge in [-0.3, -0.25) is 0 Å². The van der Waals surface area contributed by atoms with Crippen molar-refractivity contribution in [2.45, 2.75) is 25.4 Å². The molecule has 0 spiro atoms. The summed E-state index contributed by atoms with van der Waals surface area (Å²) in [6.45, 7) is 4.16. The van der Waals surface area contributed by atoms with Crippen LogP contribution in [0.2, 0.25) is 0 Å². The van der Waals surface area contributed by atoms with Crippen LogP contribution in [0.25, 0.3) is 11.1 Å². The number of ether oxygens (including phenoxy) is 1. The smallest absolute Gasteiger partial charge is 0.108 e. The van der Waals surface area contributed by atoms with Crippen LogP contribution in [0.5, 0.6) is 0 Å². The summed E-state index contributed by atoms with van der Waals surface area (Å²) in [6.07, 6.45) is 4.01. The number of hydrogen-bond donors (Lipinski definition) is 0. The number of benzene rings is 2. The van der Waals surface area contributed by atoms with E-state index >= 15 is 0 Å². The second kappa shape index (κ2) is 6.33. The zero-order valence-corrected chi connectivity index (χ0v) is 14.5. The van der Waals surface area contributed by atoms with E-state index in [1.54, 1.807) is 0 Å². The predicted octanol–water partition coefficient (Wildman–Crippen LogP) is 3.72. The van der Waals surface area contributed by atoms with E-state index in [9.17, 15) is 0 Å². The van der Waals surface area contributed by atoms with Crippen molar-refractivity contribution in [2.75, 3.05) is 26.2 Å². The van der Waals surface area contributed by atoms with Crippen molar-refractivity contribution in [3.63, 3.8) is 0 Å². The van der Waals surface area contributed by atoms with Gasteiger partial charge in [0.2, 0.25) is 0 Å². The van der Waals surface area contributed by atoms with Crippen molar-refractivity contribution < 1.29 is 4.74 Å². The van der Waals surface area contributed by atoms with Gasteiger partial charge in [-0.05, 0) is 72.7 Å². The average Bonchev–Trinajstić information content (AvgIpc) is 3.04. The molecule has 126 valence electrons. The van der Waals surface area contributed by atoms with Gasteiger partial charge >= 0.3 is 0 Å². The molecule has 25 heavy (non-hydrogen) atoms. The van der Waals surface area contributed by atoms with Gasteiger partial charge in [0.05, 0.1) is 6.10 Å². The van der Waals surface area contributed by atoms with Crippen molar-refractivity contribution in [3.8, 4) is 23.0 Å². The quantitative estimate of drug-likeness (QED) is 0.665. The molecule has 3 fully saturated rings. The Morgan fingerprint density at radius 3 is 2.68 bits per heavy atom. The summed E-state index contributed by atoms with van der Waals surface area (Å²) in [4.78, 5) is 2.52. The van der Waals surface area contributed by atoms with Gasteiger partial charge in [-0.15, -0.1) is 0 Å². The van der Waals surface area contributed by atoms with Crippen molar-refractivity contribution in [1.82, 2.24) is 4.90 Å². The molecule has 2 aromatic carbocycles. The molecule has 0 amide bonds. The molecule has 6 rings (SSSR count). The van der Waals surface area contributed by atoms with Crippen LogP contribution in [0, 0.1) is 17.8 Å². The first-order chi connectivity index (χ1) is 12.4. The van der Waals surface area contributed by atoms with Crippen molar-refractivity contribution >= 4 is 0 Å². The Morgan fingerprint density at radius 2 is 1.84 bits per heavy atom. The lowest BCUT2D eigenvalue weighted by Gasteiger charge is -2.44. The van der Waals surface area contributed by atoms with Crippen LogP contribution in [0.3, 0.4) is 0 Å². The van der Waals surface area contributed by atoms with Gasteiger partial charge in [0.15, 0.2) is 0 Å². The summed E-state index contributed by atoms with van der Waals surface area (Å²) >= 11 is 0. The highest BCUT2D eigenvalue weighted by molar-refractivity contribution is 5.77. The van der Waals surface area contributed by atoms with E-state index in [-0.39, 0.29) is 0 Å². The van der Waals surface area contributed by atoms with Crippen molar-refractivity contribution in [3.05, 3.63) is 59.2 Å². The van der Waals surface area contributed by atoms with Crippen molar-refractivity contribution in [1.29, 1.82) is 0 Å². The molecule has 2 nitrogen and oxygen atoms in total. The van der Waals surface area contributed by atoms with Gasteiger partial charge in [0, 0.05) is 12.1 Å². The lowest BCUT2D eigenvalue weighted by molar-refractivity contribution is -0.0588. The van der Waals surface area contributed by atoms with Crippen LogP contribution < -0.4 is 0 Å². The Labute approximate surface area is 149 Å². The number of fused-ring (bicyclic) bond motifs is 6. The molecule has 3 heterocycles. The molecular formula is C23H23NO. The third-order valence-corrected chi connectivity index (χ3v) is 5.99. The third kappa shape index (κ3) is 2.88. The van der Waals surface area contributed by atoms with Crippen LogP contribution in [0.1, 0.15) is 29.5 Å². The summed E-state index contributed by atoms with van der Waals surface area (Å²) in [5.74, 6) is 7.28. The zero-order valence-electron chi connectivity index (χ0n) is 14.5. The Hall–Kier alpha value is -2.08. The molecule has 1 aliphatic carbocycles. The fourth-order valence-corrected chi connectivity index (χ4v) is 4.61. The van der Waals surface area contributed by atoms with Gasteiger partial charge in [-0.25, -0.2) is 0 Å².